The SMILES string of the molecule is CC1=NC(SCc2ccccc2)=C(C#N)[C@@H](c2cccs2)C1C(=O)Nc1ccccc1. The fourth-order valence-electron chi connectivity index (χ4n) is 3.64. The zero-order chi connectivity index (χ0) is 21.6. The lowest BCUT2D eigenvalue weighted by Gasteiger charge is -2.30. The van der Waals surface area contributed by atoms with E-state index in [0.717, 1.165) is 22.0 Å². The zero-order valence-corrected chi connectivity index (χ0v) is 18.6. The predicted molar refractivity (Wildman–Crippen MR) is 129 cm³/mol. The summed E-state index contributed by atoms with van der Waals surface area (Å²) in [5.41, 5.74) is 3.18. The fourth-order valence-corrected chi connectivity index (χ4v) is 5.55. The number of para-hydroxylation sites is 1. The Morgan fingerprint density at radius 2 is 1.81 bits per heavy atom. The molecule has 2 atom stereocenters. The number of thiophene rings is 1. The Hall–Kier alpha value is -3.14. The maximum absolute atomic E-state index is 13.3. The van der Waals surface area contributed by atoms with Gasteiger partial charge in [-0.2, -0.15) is 5.26 Å². The maximum atomic E-state index is 13.3. The molecule has 0 saturated carbocycles. The van der Waals surface area contributed by atoms with Gasteiger partial charge in [0.05, 0.1) is 17.6 Å². The van der Waals surface area contributed by atoms with Crippen LogP contribution < -0.4 is 5.32 Å². The first-order valence-corrected chi connectivity index (χ1v) is 11.8. The van der Waals surface area contributed by atoms with Gasteiger partial charge in [0.1, 0.15) is 5.03 Å². The number of allylic oxidation sites excluding steroid dienone is 1. The molecule has 31 heavy (non-hydrogen) atoms. The van der Waals surface area contributed by atoms with Crippen LogP contribution in [0.15, 0.2) is 93.8 Å². The van der Waals surface area contributed by atoms with Crippen LogP contribution in [0.4, 0.5) is 5.69 Å². The van der Waals surface area contributed by atoms with Gasteiger partial charge in [-0.3, -0.25) is 4.79 Å². The molecule has 0 spiro atoms. The summed E-state index contributed by atoms with van der Waals surface area (Å²) in [6, 6.07) is 25.8. The third kappa shape index (κ3) is 4.79. The zero-order valence-electron chi connectivity index (χ0n) is 17.0. The van der Waals surface area contributed by atoms with Crippen LogP contribution >= 0.6 is 23.1 Å². The largest absolute Gasteiger partial charge is 0.325 e. The average molecular weight is 444 g/mol. The number of thioether (sulfide) groups is 1. The van der Waals surface area contributed by atoms with Crippen molar-refractivity contribution in [1.29, 1.82) is 5.26 Å². The molecular weight excluding hydrogens is 422 g/mol. The number of carbonyl (C=O) groups excluding carboxylic acids is 1. The summed E-state index contributed by atoms with van der Waals surface area (Å²) in [7, 11) is 0. The van der Waals surface area contributed by atoms with Crippen molar-refractivity contribution in [2.45, 2.75) is 18.6 Å². The molecule has 1 aliphatic heterocycles. The van der Waals surface area contributed by atoms with Crippen LogP contribution in [0, 0.1) is 17.2 Å². The molecule has 1 N–H and O–H groups in total. The van der Waals surface area contributed by atoms with Gasteiger partial charge in [0.25, 0.3) is 0 Å². The van der Waals surface area contributed by atoms with Gasteiger partial charge in [-0.25, -0.2) is 4.99 Å². The van der Waals surface area contributed by atoms with Crippen molar-refractivity contribution in [3.63, 3.8) is 0 Å². The second-order valence-corrected chi connectivity index (χ2v) is 9.13. The number of hydrogen-bond donors (Lipinski definition) is 1. The van der Waals surface area contributed by atoms with Gasteiger partial charge < -0.3 is 5.32 Å². The molecule has 154 valence electrons. The van der Waals surface area contributed by atoms with Gasteiger partial charge in [-0.15, -0.1) is 23.1 Å². The first kappa shape index (κ1) is 21.1. The van der Waals surface area contributed by atoms with Crippen molar-refractivity contribution >= 4 is 40.4 Å². The van der Waals surface area contributed by atoms with E-state index in [0.29, 0.717) is 10.6 Å². The first-order chi connectivity index (χ1) is 15.2. The van der Waals surface area contributed by atoms with Gasteiger partial charge in [0.2, 0.25) is 5.91 Å². The molecule has 1 aromatic heterocycles. The molecule has 1 unspecified atom stereocenters. The molecule has 2 heterocycles. The Balaban J connectivity index is 1.67. The predicted octanol–water partition coefficient (Wildman–Crippen LogP) is 6.23. The van der Waals surface area contributed by atoms with Crippen LogP contribution in [0.25, 0.3) is 0 Å². The van der Waals surface area contributed by atoms with Gasteiger partial charge >= 0.3 is 0 Å². The second kappa shape index (κ2) is 9.78. The number of anilines is 1. The molecule has 0 bridgehead atoms. The van der Waals surface area contributed by atoms with Crippen LogP contribution in [0.2, 0.25) is 0 Å². The lowest BCUT2D eigenvalue weighted by atomic mass is 9.80. The van der Waals surface area contributed by atoms with E-state index in [4.69, 9.17) is 4.99 Å². The molecule has 0 saturated heterocycles. The number of hydrogen-bond acceptors (Lipinski definition) is 5. The minimum absolute atomic E-state index is 0.147. The lowest BCUT2D eigenvalue weighted by molar-refractivity contribution is -0.118. The Bertz CT molecular complexity index is 1150. The Morgan fingerprint density at radius 1 is 1.10 bits per heavy atom. The molecule has 0 fully saturated rings. The summed E-state index contributed by atoms with van der Waals surface area (Å²) < 4.78 is 0. The summed E-state index contributed by atoms with van der Waals surface area (Å²) >= 11 is 3.11. The van der Waals surface area contributed by atoms with Crippen LogP contribution in [0.5, 0.6) is 0 Å². The molecule has 0 radical (unpaired) electrons. The average Bonchev–Trinajstić information content (AvgIpc) is 3.33. The van der Waals surface area contributed by atoms with E-state index in [2.05, 4.69) is 23.5 Å². The maximum Gasteiger partial charge on any atom is 0.234 e. The van der Waals surface area contributed by atoms with Crippen molar-refractivity contribution in [2.24, 2.45) is 10.9 Å². The summed E-state index contributed by atoms with van der Waals surface area (Å²) in [5, 5.41) is 15.8. The Labute approximate surface area is 190 Å². The van der Waals surface area contributed by atoms with E-state index < -0.39 is 5.92 Å². The molecule has 6 heteroatoms. The van der Waals surface area contributed by atoms with Gasteiger partial charge in [-0.1, -0.05) is 54.6 Å². The van der Waals surface area contributed by atoms with Gasteiger partial charge in [0.15, 0.2) is 0 Å². The van der Waals surface area contributed by atoms with Crippen molar-refractivity contribution in [2.75, 3.05) is 5.32 Å². The molecule has 2 aromatic carbocycles. The van der Waals surface area contributed by atoms with Crippen molar-refractivity contribution in [1.82, 2.24) is 0 Å². The smallest absolute Gasteiger partial charge is 0.234 e. The van der Waals surface area contributed by atoms with E-state index in [1.165, 1.54) is 5.56 Å². The standard InChI is InChI=1S/C25H21N3OS2/c1-17-22(24(29)28-19-11-6-3-7-12-19)23(21-13-8-14-30-21)20(15-26)25(27-17)31-16-18-9-4-2-5-10-18/h2-14,22-23H,16H2,1H3,(H,28,29)/t22?,23-/m0/s1. The van der Waals surface area contributed by atoms with Crippen molar-refractivity contribution in [3.05, 3.63) is 99.2 Å². The lowest BCUT2D eigenvalue weighted by Crippen LogP contribution is -2.36. The van der Waals surface area contributed by atoms with Crippen LogP contribution in [0.1, 0.15) is 23.3 Å². The third-order valence-electron chi connectivity index (χ3n) is 5.12. The quantitative estimate of drug-likeness (QED) is 0.491. The molecule has 4 rings (SSSR count). The van der Waals surface area contributed by atoms with E-state index in [1.807, 2.05) is 73.0 Å². The summed E-state index contributed by atoms with van der Waals surface area (Å²) in [4.78, 5) is 19.0. The van der Waals surface area contributed by atoms with Crippen LogP contribution in [-0.4, -0.2) is 11.6 Å². The highest BCUT2D eigenvalue weighted by Crippen LogP contribution is 2.44. The van der Waals surface area contributed by atoms with Gasteiger partial charge in [-0.05, 0) is 36.1 Å². The second-order valence-electron chi connectivity index (χ2n) is 7.18. The minimum Gasteiger partial charge on any atom is -0.325 e. The topological polar surface area (TPSA) is 65.2 Å². The molecule has 3 aromatic rings. The molecule has 4 nitrogen and oxygen atoms in total. The minimum atomic E-state index is -0.533. The highest BCUT2D eigenvalue weighted by Gasteiger charge is 2.40. The number of nitrogens with one attached hydrogen (secondary N) is 1. The number of benzene rings is 2. The highest BCUT2D eigenvalue weighted by molar-refractivity contribution is 8.02. The molecule has 0 aliphatic carbocycles. The summed E-state index contributed by atoms with van der Waals surface area (Å²) in [6.07, 6.45) is 0. The number of rotatable bonds is 6. The fraction of sp³-hybridized carbons (Fsp3) is 0.160. The van der Waals surface area contributed by atoms with E-state index in [1.54, 1.807) is 23.1 Å². The van der Waals surface area contributed by atoms with E-state index in [9.17, 15) is 10.1 Å². The van der Waals surface area contributed by atoms with Crippen molar-refractivity contribution < 1.29 is 4.79 Å². The summed E-state index contributed by atoms with van der Waals surface area (Å²) in [6.45, 7) is 1.88. The molecule has 1 aliphatic rings. The number of aliphatic imine (C=N–C) groups is 1. The summed E-state index contributed by atoms with van der Waals surface area (Å²) in [5.74, 6) is -0.305. The van der Waals surface area contributed by atoms with Gasteiger partial charge in [0, 0.05) is 27.9 Å². The highest BCUT2D eigenvalue weighted by atomic mass is 32.2. The monoisotopic (exact) mass is 443 g/mol. The van der Waals surface area contributed by atoms with E-state index >= 15 is 0 Å². The molecule has 1 amide bonds. The number of carbonyl (C=O) groups is 1. The number of nitrogens with zero attached hydrogens (tertiary/aromatic N) is 2. The van der Waals surface area contributed by atoms with Crippen LogP contribution in [-0.2, 0) is 10.5 Å². The normalized spacial score (nSPS) is 18.3. The van der Waals surface area contributed by atoms with Crippen molar-refractivity contribution in [3.8, 4) is 6.07 Å². The van der Waals surface area contributed by atoms with E-state index in [-0.39, 0.29) is 11.8 Å². The number of amides is 1. The Morgan fingerprint density at radius 3 is 2.45 bits per heavy atom. The van der Waals surface area contributed by atoms with Crippen LogP contribution in [0.3, 0.4) is 0 Å². The first-order valence-electron chi connectivity index (χ1n) is 9.93. The Kier molecular flexibility index (Phi) is 6.66. The third-order valence-corrected chi connectivity index (χ3v) is 7.13. The molecular formula is C25H21N3OS2. The number of nitriles is 1.